The predicted octanol–water partition coefficient (Wildman–Crippen LogP) is 1.11. The van der Waals surface area contributed by atoms with E-state index in [1.165, 1.54) is 18.1 Å². The molecule has 114 valence electrons. The monoisotopic (exact) mass is 297 g/mol. The highest BCUT2D eigenvalue weighted by Gasteiger charge is 2.28. The van der Waals surface area contributed by atoms with Crippen molar-refractivity contribution in [3.63, 3.8) is 0 Å². The molecule has 1 saturated heterocycles. The van der Waals surface area contributed by atoms with E-state index in [-0.39, 0.29) is 0 Å². The summed E-state index contributed by atoms with van der Waals surface area (Å²) in [6.07, 6.45) is 2.63. The Hall–Kier alpha value is -0.590. The van der Waals surface area contributed by atoms with E-state index >= 15 is 0 Å². The lowest BCUT2D eigenvalue weighted by Crippen LogP contribution is -2.53. The van der Waals surface area contributed by atoms with Crippen molar-refractivity contribution in [2.24, 2.45) is 5.92 Å². The van der Waals surface area contributed by atoms with E-state index in [1.807, 2.05) is 0 Å². The maximum atomic E-state index is 4.46. The maximum absolute atomic E-state index is 4.46. The van der Waals surface area contributed by atoms with E-state index in [0.717, 1.165) is 18.8 Å². The van der Waals surface area contributed by atoms with Gasteiger partial charge in [-0.05, 0) is 20.0 Å². The van der Waals surface area contributed by atoms with Crippen LogP contribution in [0.3, 0.4) is 0 Å². The molecule has 1 fully saturated rings. The Balaban J connectivity index is 2.04. The average molecular weight is 297 g/mol. The molecule has 1 aliphatic heterocycles. The number of rotatable bonds is 6. The lowest BCUT2D eigenvalue weighted by atomic mass is 10.0. The van der Waals surface area contributed by atoms with Gasteiger partial charge >= 0.3 is 0 Å². The van der Waals surface area contributed by atoms with Crippen molar-refractivity contribution < 1.29 is 0 Å². The number of hydrogen-bond donors (Lipinski definition) is 1. The molecule has 2 heterocycles. The Morgan fingerprint density at radius 1 is 1.50 bits per heavy atom. The molecule has 0 bridgehead atoms. The molecule has 0 spiro atoms. The van der Waals surface area contributed by atoms with Crippen LogP contribution < -0.4 is 5.32 Å². The summed E-state index contributed by atoms with van der Waals surface area (Å²) in [6, 6.07) is 1.01. The number of aromatic nitrogens is 3. The number of nitrogens with one attached hydrogen (secondary N) is 1. The minimum atomic E-state index is 0.433. The van der Waals surface area contributed by atoms with Gasteiger partial charge in [0.15, 0.2) is 0 Å². The molecule has 0 radical (unpaired) electrons. The van der Waals surface area contributed by atoms with E-state index in [9.17, 15) is 0 Å². The summed E-state index contributed by atoms with van der Waals surface area (Å²) < 4.78 is 2.06. The molecule has 20 heavy (non-hydrogen) atoms. The quantitative estimate of drug-likeness (QED) is 0.852. The van der Waals surface area contributed by atoms with E-state index < -0.39 is 0 Å². The summed E-state index contributed by atoms with van der Waals surface area (Å²) in [6.45, 7) is 6.55. The standard InChI is InChI=1S/C14H27N5S/c1-11(2)8-19-14(16-10-17-19)7-12(15-3)13-9-20-6-5-18(13)4/h10-13,15H,5-9H2,1-4H3. The third kappa shape index (κ3) is 3.96. The molecule has 1 aliphatic rings. The molecule has 6 heteroatoms. The lowest BCUT2D eigenvalue weighted by molar-refractivity contribution is 0.216. The van der Waals surface area contributed by atoms with Crippen LogP contribution in [0.4, 0.5) is 0 Å². The van der Waals surface area contributed by atoms with Crippen molar-refractivity contribution in [3.05, 3.63) is 12.2 Å². The second kappa shape index (κ2) is 7.43. The second-order valence-electron chi connectivity index (χ2n) is 5.97. The van der Waals surface area contributed by atoms with Crippen LogP contribution in [0.15, 0.2) is 6.33 Å². The maximum Gasteiger partial charge on any atom is 0.138 e. The molecule has 2 atom stereocenters. The van der Waals surface area contributed by atoms with E-state index in [1.54, 1.807) is 6.33 Å². The summed E-state index contributed by atoms with van der Waals surface area (Å²) in [7, 11) is 4.29. The summed E-state index contributed by atoms with van der Waals surface area (Å²) in [4.78, 5) is 6.94. The van der Waals surface area contributed by atoms with Gasteiger partial charge in [0.05, 0.1) is 0 Å². The Bertz CT molecular complexity index is 406. The summed E-state index contributed by atoms with van der Waals surface area (Å²) in [5, 5.41) is 7.85. The summed E-state index contributed by atoms with van der Waals surface area (Å²) in [5.74, 6) is 4.13. The van der Waals surface area contributed by atoms with Crippen LogP contribution >= 0.6 is 11.8 Å². The zero-order valence-electron chi connectivity index (χ0n) is 13.0. The van der Waals surface area contributed by atoms with Gasteiger partial charge in [-0.1, -0.05) is 13.8 Å². The van der Waals surface area contributed by atoms with Gasteiger partial charge in [-0.3, -0.25) is 0 Å². The average Bonchev–Trinajstić information content (AvgIpc) is 2.83. The molecule has 1 N–H and O–H groups in total. The Labute approximate surface area is 126 Å². The topological polar surface area (TPSA) is 46.0 Å². The largest absolute Gasteiger partial charge is 0.315 e. The van der Waals surface area contributed by atoms with Crippen molar-refractivity contribution in [1.82, 2.24) is 25.0 Å². The number of hydrogen-bond acceptors (Lipinski definition) is 5. The van der Waals surface area contributed by atoms with Gasteiger partial charge in [0.2, 0.25) is 0 Å². The molecule has 0 amide bonds. The van der Waals surface area contributed by atoms with Gasteiger partial charge in [-0.2, -0.15) is 16.9 Å². The van der Waals surface area contributed by atoms with Crippen molar-refractivity contribution >= 4 is 11.8 Å². The minimum absolute atomic E-state index is 0.433. The number of thioether (sulfide) groups is 1. The van der Waals surface area contributed by atoms with E-state index in [0.29, 0.717) is 18.0 Å². The second-order valence-corrected chi connectivity index (χ2v) is 7.12. The van der Waals surface area contributed by atoms with Crippen molar-refractivity contribution in [2.45, 2.75) is 38.9 Å². The van der Waals surface area contributed by atoms with Crippen LogP contribution in [0, 0.1) is 5.92 Å². The molecule has 0 saturated carbocycles. The third-order valence-corrected chi connectivity index (χ3v) is 4.96. The highest BCUT2D eigenvalue weighted by atomic mass is 32.2. The van der Waals surface area contributed by atoms with Gasteiger partial charge in [0.25, 0.3) is 0 Å². The first-order chi connectivity index (χ1) is 9.61. The number of likely N-dealkylation sites (N-methyl/N-ethyl adjacent to an activating group) is 2. The molecular weight excluding hydrogens is 270 g/mol. The fourth-order valence-electron chi connectivity index (χ4n) is 2.70. The van der Waals surface area contributed by atoms with E-state index in [2.05, 4.69) is 64.7 Å². The molecule has 1 aromatic rings. The smallest absolute Gasteiger partial charge is 0.138 e. The fraction of sp³-hybridized carbons (Fsp3) is 0.857. The SMILES string of the molecule is CNC(Cc1ncnn1CC(C)C)C1CSCCN1C. The van der Waals surface area contributed by atoms with Gasteiger partial charge in [-0.25, -0.2) is 9.67 Å². The van der Waals surface area contributed by atoms with Crippen LogP contribution in [0.1, 0.15) is 19.7 Å². The third-order valence-electron chi connectivity index (χ3n) is 3.91. The van der Waals surface area contributed by atoms with Crippen LogP contribution in [-0.4, -0.2) is 63.9 Å². The van der Waals surface area contributed by atoms with Gasteiger partial charge in [-0.15, -0.1) is 0 Å². The normalized spacial score (nSPS) is 22.4. The lowest BCUT2D eigenvalue weighted by Gasteiger charge is -2.37. The molecule has 0 aliphatic carbocycles. The van der Waals surface area contributed by atoms with Gasteiger partial charge in [0.1, 0.15) is 12.2 Å². The molecule has 2 rings (SSSR count). The molecule has 0 aromatic carbocycles. The minimum Gasteiger partial charge on any atom is -0.315 e. The Kier molecular flexibility index (Phi) is 5.86. The molecular formula is C14H27N5S. The summed E-state index contributed by atoms with van der Waals surface area (Å²) >= 11 is 2.05. The van der Waals surface area contributed by atoms with Gasteiger partial charge in [0, 0.05) is 43.1 Å². The van der Waals surface area contributed by atoms with Crippen LogP contribution in [0.25, 0.3) is 0 Å². The Morgan fingerprint density at radius 2 is 2.30 bits per heavy atom. The summed E-state index contributed by atoms with van der Waals surface area (Å²) in [5.41, 5.74) is 0. The van der Waals surface area contributed by atoms with Crippen molar-refractivity contribution in [1.29, 1.82) is 0 Å². The predicted molar refractivity (Wildman–Crippen MR) is 85.2 cm³/mol. The Morgan fingerprint density at radius 3 is 2.95 bits per heavy atom. The van der Waals surface area contributed by atoms with Crippen molar-refractivity contribution in [2.75, 3.05) is 32.1 Å². The molecule has 2 unspecified atom stereocenters. The van der Waals surface area contributed by atoms with Crippen molar-refractivity contribution in [3.8, 4) is 0 Å². The highest BCUT2D eigenvalue weighted by Crippen LogP contribution is 2.19. The zero-order valence-corrected chi connectivity index (χ0v) is 13.9. The van der Waals surface area contributed by atoms with Crippen LogP contribution in [-0.2, 0) is 13.0 Å². The molecule has 1 aromatic heterocycles. The van der Waals surface area contributed by atoms with E-state index in [4.69, 9.17) is 0 Å². The van der Waals surface area contributed by atoms with Gasteiger partial charge < -0.3 is 10.2 Å². The highest BCUT2D eigenvalue weighted by molar-refractivity contribution is 7.99. The first-order valence-electron chi connectivity index (χ1n) is 7.43. The number of nitrogens with zero attached hydrogens (tertiary/aromatic N) is 4. The van der Waals surface area contributed by atoms with Crippen LogP contribution in [0.2, 0.25) is 0 Å². The molecule has 5 nitrogen and oxygen atoms in total. The zero-order chi connectivity index (χ0) is 14.5. The first kappa shape index (κ1) is 15.8. The van der Waals surface area contributed by atoms with Crippen LogP contribution in [0.5, 0.6) is 0 Å². The first-order valence-corrected chi connectivity index (χ1v) is 8.59. The fourth-order valence-corrected chi connectivity index (χ4v) is 4.01.